The fourth-order valence-corrected chi connectivity index (χ4v) is 3.77. The molecule has 144 valence electrons. The molecular formula is C21H16ClN5O2. The lowest BCUT2D eigenvalue weighted by molar-refractivity contribution is 0.102. The van der Waals surface area contributed by atoms with Gasteiger partial charge in [0, 0.05) is 42.3 Å². The molecule has 0 atom stereocenters. The molecule has 2 aromatic carbocycles. The summed E-state index contributed by atoms with van der Waals surface area (Å²) >= 11 is 6.23. The predicted molar refractivity (Wildman–Crippen MR) is 112 cm³/mol. The van der Waals surface area contributed by atoms with Crippen LogP contribution in [0.15, 0.2) is 53.6 Å². The molecular weight excluding hydrogens is 390 g/mol. The Bertz CT molecular complexity index is 1320. The van der Waals surface area contributed by atoms with Crippen LogP contribution in [-0.4, -0.2) is 20.9 Å². The molecule has 29 heavy (non-hydrogen) atoms. The predicted octanol–water partition coefficient (Wildman–Crippen LogP) is 3.43. The Balaban J connectivity index is 1.54. The number of carbonyl (C=O) groups excluding carboxylic acids is 1. The van der Waals surface area contributed by atoms with Gasteiger partial charge in [0.15, 0.2) is 5.43 Å². The summed E-state index contributed by atoms with van der Waals surface area (Å²) < 4.78 is 0. The van der Waals surface area contributed by atoms with Crippen LogP contribution in [0.3, 0.4) is 0 Å². The van der Waals surface area contributed by atoms with Crippen LogP contribution in [0.1, 0.15) is 21.5 Å². The average Bonchev–Trinajstić information content (AvgIpc) is 3.33. The number of fused-ring (bicyclic) bond motifs is 2. The number of imidazole rings is 1. The van der Waals surface area contributed by atoms with Gasteiger partial charge < -0.3 is 20.6 Å². The first-order chi connectivity index (χ1) is 14.1. The van der Waals surface area contributed by atoms with Crippen LogP contribution in [0.25, 0.3) is 22.4 Å². The van der Waals surface area contributed by atoms with Crippen LogP contribution in [-0.2, 0) is 13.1 Å². The lowest BCUT2D eigenvalue weighted by Crippen LogP contribution is -2.13. The molecule has 4 N–H and O–H groups in total. The zero-order valence-corrected chi connectivity index (χ0v) is 15.9. The number of aromatic amines is 2. The molecule has 3 heterocycles. The number of amides is 1. The smallest absolute Gasteiger partial charge is 0.257 e. The fraction of sp³-hybridized carbons (Fsp3) is 0.0952. The standard InChI is InChI=1S/C21H16ClN5O2/c22-13-6-15(21(29)25-14-2-1-11-8-24-9-12(11)5-14)19-17(7-13)26-20(27-19)16-10-23-4-3-18(16)28/h1-7,10,24H,8-9H2,(H,23,28)(H,25,29)(H,26,27). The zero-order chi connectivity index (χ0) is 20.0. The molecule has 0 fully saturated rings. The molecule has 0 aliphatic carbocycles. The number of hydrogen-bond acceptors (Lipinski definition) is 4. The number of anilines is 1. The van der Waals surface area contributed by atoms with Crippen molar-refractivity contribution in [2.24, 2.45) is 0 Å². The molecule has 0 spiro atoms. The summed E-state index contributed by atoms with van der Waals surface area (Å²) in [5.74, 6) is 0.0604. The lowest BCUT2D eigenvalue weighted by Gasteiger charge is -2.08. The lowest BCUT2D eigenvalue weighted by atomic mass is 10.1. The van der Waals surface area contributed by atoms with E-state index in [1.54, 1.807) is 24.5 Å². The summed E-state index contributed by atoms with van der Waals surface area (Å²) in [6, 6.07) is 10.5. The van der Waals surface area contributed by atoms with E-state index in [1.807, 2.05) is 18.2 Å². The molecule has 1 aliphatic rings. The van der Waals surface area contributed by atoms with Crippen molar-refractivity contribution >= 4 is 34.2 Å². The number of halogens is 1. The number of H-pyrrole nitrogens is 2. The first kappa shape index (κ1) is 17.7. The summed E-state index contributed by atoms with van der Waals surface area (Å²) in [5, 5.41) is 6.60. The maximum absolute atomic E-state index is 13.0. The highest BCUT2D eigenvalue weighted by molar-refractivity contribution is 6.32. The number of benzene rings is 2. The van der Waals surface area contributed by atoms with E-state index >= 15 is 0 Å². The van der Waals surface area contributed by atoms with Gasteiger partial charge in [0.05, 0.1) is 16.6 Å². The SMILES string of the molecule is O=C(Nc1ccc2c(c1)CNC2)c1cc(Cl)cc2[nH]c(-c3c[nH]ccc3=O)nc12. The first-order valence-electron chi connectivity index (χ1n) is 9.09. The highest BCUT2D eigenvalue weighted by Gasteiger charge is 2.18. The molecule has 0 saturated carbocycles. The summed E-state index contributed by atoms with van der Waals surface area (Å²) in [7, 11) is 0. The van der Waals surface area contributed by atoms with E-state index in [2.05, 4.69) is 25.6 Å². The Hall–Kier alpha value is -3.42. The van der Waals surface area contributed by atoms with Gasteiger partial charge in [-0.05, 0) is 35.4 Å². The van der Waals surface area contributed by atoms with Gasteiger partial charge in [0.2, 0.25) is 0 Å². The van der Waals surface area contributed by atoms with Crippen molar-refractivity contribution in [3.05, 3.63) is 80.7 Å². The van der Waals surface area contributed by atoms with Gasteiger partial charge in [0.1, 0.15) is 11.3 Å². The van der Waals surface area contributed by atoms with Gasteiger partial charge >= 0.3 is 0 Å². The highest BCUT2D eigenvalue weighted by atomic mass is 35.5. The molecule has 0 saturated heterocycles. The Morgan fingerprint density at radius 1 is 1.10 bits per heavy atom. The van der Waals surface area contributed by atoms with E-state index < -0.39 is 0 Å². The molecule has 0 radical (unpaired) electrons. The van der Waals surface area contributed by atoms with Crippen molar-refractivity contribution in [3.63, 3.8) is 0 Å². The van der Waals surface area contributed by atoms with Gasteiger partial charge in [-0.1, -0.05) is 17.7 Å². The van der Waals surface area contributed by atoms with Crippen molar-refractivity contribution < 1.29 is 4.79 Å². The van der Waals surface area contributed by atoms with Crippen molar-refractivity contribution in [2.45, 2.75) is 13.1 Å². The van der Waals surface area contributed by atoms with Gasteiger partial charge in [-0.3, -0.25) is 9.59 Å². The second kappa shape index (κ2) is 6.88. The minimum absolute atomic E-state index is 0.174. The maximum Gasteiger partial charge on any atom is 0.257 e. The van der Waals surface area contributed by atoms with Crippen molar-refractivity contribution in [2.75, 3.05) is 5.32 Å². The molecule has 8 heteroatoms. The van der Waals surface area contributed by atoms with Crippen molar-refractivity contribution in [1.29, 1.82) is 0 Å². The number of carbonyl (C=O) groups is 1. The number of pyridine rings is 1. The minimum atomic E-state index is -0.316. The summed E-state index contributed by atoms with van der Waals surface area (Å²) in [5.41, 5.74) is 4.69. The quantitative estimate of drug-likeness (QED) is 0.419. The Kier molecular flexibility index (Phi) is 4.19. The number of aromatic nitrogens is 3. The number of nitrogens with one attached hydrogen (secondary N) is 4. The third-order valence-corrected chi connectivity index (χ3v) is 5.19. The van der Waals surface area contributed by atoms with Crippen LogP contribution >= 0.6 is 11.6 Å². The number of nitrogens with zero attached hydrogens (tertiary/aromatic N) is 1. The third-order valence-electron chi connectivity index (χ3n) is 4.97. The second-order valence-electron chi connectivity index (χ2n) is 6.90. The summed E-state index contributed by atoms with van der Waals surface area (Å²) in [4.78, 5) is 35.6. The molecule has 1 amide bonds. The van der Waals surface area contributed by atoms with E-state index in [1.165, 1.54) is 17.2 Å². The Labute approximate surface area is 170 Å². The van der Waals surface area contributed by atoms with Crippen molar-refractivity contribution in [3.8, 4) is 11.4 Å². The van der Waals surface area contributed by atoms with E-state index in [-0.39, 0.29) is 11.3 Å². The van der Waals surface area contributed by atoms with Crippen LogP contribution in [0.5, 0.6) is 0 Å². The fourth-order valence-electron chi connectivity index (χ4n) is 3.56. The first-order valence-corrected chi connectivity index (χ1v) is 9.47. The summed E-state index contributed by atoms with van der Waals surface area (Å²) in [6.07, 6.45) is 3.12. The molecule has 2 aromatic heterocycles. The zero-order valence-electron chi connectivity index (χ0n) is 15.2. The Morgan fingerprint density at radius 3 is 2.83 bits per heavy atom. The van der Waals surface area contributed by atoms with Gasteiger partial charge in [-0.15, -0.1) is 0 Å². The maximum atomic E-state index is 13.0. The Morgan fingerprint density at radius 2 is 1.97 bits per heavy atom. The molecule has 4 aromatic rings. The third kappa shape index (κ3) is 3.20. The van der Waals surface area contributed by atoms with E-state index in [4.69, 9.17) is 11.6 Å². The number of hydrogen-bond donors (Lipinski definition) is 4. The second-order valence-corrected chi connectivity index (χ2v) is 7.33. The van der Waals surface area contributed by atoms with Gasteiger partial charge in [-0.2, -0.15) is 0 Å². The molecule has 0 unspecified atom stereocenters. The van der Waals surface area contributed by atoms with Gasteiger partial charge in [-0.25, -0.2) is 4.98 Å². The number of rotatable bonds is 3. The molecule has 0 bridgehead atoms. The van der Waals surface area contributed by atoms with Crippen LogP contribution in [0, 0.1) is 0 Å². The molecule has 1 aliphatic heterocycles. The van der Waals surface area contributed by atoms with E-state index in [9.17, 15) is 9.59 Å². The van der Waals surface area contributed by atoms with Gasteiger partial charge in [0.25, 0.3) is 5.91 Å². The van der Waals surface area contributed by atoms with Crippen LogP contribution in [0.4, 0.5) is 5.69 Å². The molecule has 7 nitrogen and oxygen atoms in total. The van der Waals surface area contributed by atoms with Crippen molar-refractivity contribution in [1.82, 2.24) is 20.3 Å². The topological polar surface area (TPSA) is 103 Å². The summed E-state index contributed by atoms with van der Waals surface area (Å²) in [6.45, 7) is 1.63. The largest absolute Gasteiger partial charge is 0.367 e. The minimum Gasteiger partial charge on any atom is -0.367 e. The monoisotopic (exact) mass is 405 g/mol. The highest BCUT2D eigenvalue weighted by Crippen LogP contribution is 2.27. The van der Waals surface area contributed by atoms with E-state index in [0.29, 0.717) is 38.7 Å². The molecule has 5 rings (SSSR count). The van der Waals surface area contributed by atoms with E-state index in [0.717, 1.165) is 13.1 Å². The van der Waals surface area contributed by atoms with Crippen LogP contribution < -0.4 is 16.1 Å². The van der Waals surface area contributed by atoms with Crippen LogP contribution in [0.2, 0.25) is 5.02 Å². The normalized spacial score (nSPS) is 12.9. The average molecular weight is 406 g/mol.